The molecule has 0 spiro atoms. The molecule has 2 atom stereocenters. The lowest BCUT2D eigenvalue weighted by Gasteiger charge is -2.44. The Balaban J connectivity index is 0.00000392. The molecule has 0 radical (unpaired) electrons. The van der Waals surface area contributed by atoms with Gasteiger partial charge in [-0.3, -0.25) is 4.90 Å². The van der Waals surface area contributed by atoms with Crippen LogP contribution in [0.5, 0.6) is 0 Å². The molecule has 0 amide bonds. The first-order valence-electron chi connectivity index (χ1n) is 9.89. The predicted molar refractivity (Wildman–Crippen MR) is 124 cm³/mol. The number of hydrogen-bond acceptors (Lipinski definition) is 5. The van der Waals surface area contributed by atoms with Crippen LogP contribution < -0.4 is 10.6 Å². The Hall–Kier alpha value is -0.720. The monoisotopic (exact) mass is 449 g/mol. The second-order valence-corrected chi connectivity index (χ2v) is 7.86. The third-order valence-electron chi connectivity index (χ3n) is 5.36. The van der Waals surface area contributed by atoms with E-state index in [0.29, 0.717) is 16.6 Å². The van der Waals surface area contributed by atoms with Crippen molar-refractivity contribution in [2.45, 2.75) is 46.3 Å². The Morgan fingerprint density at radius 1 is 1.11 bits per heavy atom. The molecule has 5 nitrogen and oxygen atoms in total. The van der Waals surface area contributed by atoms with Gasteiger partial charge < -0.3 is 15.5 Å². The van der Waals surface area contributed by atoms with Gasteiger partial charge in [0.15, 0.2) is 5.96 Å². The molecule has 2 N–H and O–H groups in total. The topological polar surface area (TPSA) is 42.9 Å². The number of nitrogens with zero attached hydrogens (tertiary/aromatic N) is 3. The van der Waals surface area contributed by atoms with E-state index in [4.69, 9.17) is 28.2 Å². The number of guanidine groups is 1. The van der Waals surface area contributed by atoms with Gasteiger partial charge in [0, 0.05) is 28.7 Å². The van der Waals surface area contributed by atoms with Gasteiger partial charge in [0.05, 0.1) is 6.04 Å². The van der Waals surface area contributed by atoms with Gasteiger partial charge in [-0.1, -0.05) is 57.0 Å². The maximum atomic E-state index is 6.38. The van der Waals surface area contributed by atoms with Crippen LogP contribution in [0.1, 0.15) is 46.2 Å². The van der Waals surface area contributed by atoms with Gasteiger partial charge in [-0.15, -0.1) is 12.4 Å². The largest absolute Gasteiger partial charge is 0.354 e. The van der Waals surface area contributed by atoms with E-state index in [9.17, 15) is 0 Å². The molecule has 1 aromatic rings. The maximum absolute atomic E-state index is 6.38. The highest BCUT2D eigenvalue weighted by atomic mass is 35.5. The molecule has 8 heteroatoms. The fraction of sp³-hybridized carbons (Fsp3) is 0.650. The van der Waals surface area contributed by atoms with E-state index >= 15 is 0 Å². The highest BCUT2D eigenvalue weighted by Gasteiger charge is 2.34. The zero-order valence-corrected chi connectivity index (χ0v) is 19.9. The molecular formula is C20H34Cl3N5. The summed E-state index contributed by atoms with van der Waals surface area (Å²) in [6.07, 6.45) is 0. The number of aliphatic imine (C=N–C) groups is 1. The number of likely N-dealkylation sites (N-methyl/N-ethyl adjacent to an activating group) is 2. The van der Waals surface area contributed by atoms with Crippen LogP contribution in [0.25, 0.3) is 0 Å². The Morgan fingerprint density at radius 2 is 1.68 bits per heavy atom. The first kappa shape index (κ1) is 25.3. The van der Waals surface area contributed by atoms with Crippen molar-refractivity contribution in [1.82, 2.24) is 20.4 Å². The lowest BCUT2D eigenvalue weighted by Crippen LogP contribution is -2.65. The Bertz CT molecular complexity index is 626. The lowest BCUT2D eigenvalue weighted by atomic mass is 10.1. The fourth-order valence-electron chi connectivity index (χ4n) is 3.79. The van der Waals surface area contributed by atoms with Crippen molar-refractivity contribution in [3.63, 3.8) is 0 Å². The first-order valence-corrected chi connectivity index (χ1v) is 10.6. The molecule has 0 aliphatic carbocycles. The molecule has 2 unspecified atom stereocenters. The van der Waals surface area contributed by atoms with Gasteiger partial charge in [0.25, 0.3) is 0 Å². The zero-order valence-electron chi connectivity index (χ0n) is 17.6. The third-order valence-corrected chi connectivity index (χ3v) is 6.01. The summed E-state index contributed by atoms with van der Waals surface area (Å²) in [5.41, 5.74) is 0.666. The minimum Gasteiger partial charge on any atom is -0.354 e. The van der Waals surface area contributed by atoms with Crippen molar-refractivity contribution < 1.29 is 0 Å². The van der Waals surface area contributed by atoms with Crippen LogP contribution in [0.4, 0.5) is 0 Å². The number of nitrogens with one attached hydrogen (secondary N) is 2. The summed E-state index contributed by atoms with van der Waals surface area (Å²) in [5, 5.41) is 8.40. The lowest BCUT2D eigenvalue weighted by molar-refractivity contribution is 0.0591. The van der Waals surface area contributed by atoms with E-state index in [1.54, 1.807) is 0 Å². The van der Waals surface area contributed by atoms with Crippen molar-refractivity contribution in [1.29, 1.82) is 0 Å². The van der Waals surface area contributed by atoms with Crippen LogP contribution in [0, 0.1) is 0 Å². The summed E-state index contributed by atoms with van der Waals surface area (Å²) in [6.45, 7) is 16.6. The van der Waals surface area contributed by atoms with Crippen molar-refractivity contribution in [2.24, 2.45) is 4.99 Å². The molecular weight excluding hydrogens is 417 g/mol. The SMILES string of the molecule is CCN(CC)CC(C)(NC1=NC(c2c(Cl)cccc2Cl)CN1)N(CC)CC.Cl. The molecule has 28 heavy (non-hydrogen) atoms. The van der Waals surface area contributed by atoms with Crippen LogP contribution >= 0.6 is 35.6 Å². The predicted octanol–water partition coefficient (Wildman–Crippen LogP) is 4.40. The van der Waals surface area contributed by atoms with E-state index in [1.165, 1.54) is 0 Å². The van der Waals surface area contributed by atoms with Gasteiger partial charge in [0.1, 0.15) is 5.66 Å². The molecule has 1 aliphatic rings. The van der Waals surface area contributed by atoms with Gasteiger partial charge >= 0.3 is 0 Å². The van der Waals surface area contributed by atoms with Crippen molar-refractivity contribution in [3.05, 3.63) is 33.8 Å². The highest BCUT2D eigenvalue weighted by Crippen LogP contribution is 2.33. The first-order chi connectivity index (χ1) is 12.9. The average molecular weight is 451 g/mol. The van der Waals surface area contributed by atoms with Gasteiger partial charge in [-0.05, 0) is 45.2 Å². The maximum Gasteiger partial charge on any atom is 0.193 e. The second kappa shape index (κ2) is 11.5. The molecule has 0 aromatic heterocycles. The molecule has 1 heterocycles. The molecule has 1 aliphatic heterocycles. The van der Waals surface area contributed by atoms with Gasteiger partial charge in [-0.25, -0.2) is 4.99 Å². The van der Waals surface area contributed by atoms with Crippen LogP contribution in [0.15, 0.2) is 23.2 Å². The van der Waals surface area contributed by atoms with Crippen LogP contribution in [0.3, 0.4) is 0 Å². The summed E-state index contributed by atoms with van der Waals surface area (Å²) in [6, 6.07) is 5.51. The molecule has 0 fully saturated rings. The highest BCUT2D eigenvalue weighted by molar-refractivity contribution is 6.36. The average Bonchev–Trinajstić information content (AvgIpc) is 3.08. The van der Waals surface area contributed by atoms with E-state index in [0.717, 1.165) is 44.2 Å². The van der Waals surface area contributed by atoms with Crippen LogP contribution in [-0.4, -0.2) is 60.7 Å². The smallest absolute Gasteiger partial charge is 0.193 e. The van der Waals surface area contributed by atoms with Crippen molar-refractivity contribution in [2.75, 3.05) is 39.3 Å². The summed E-state index contributed by atoms with van der Waals surface area (Å²) in [4.78, 5) is 9.72. The third kappa shape index (κ3) is 5.90. The Labute approximate surface area is 186 Å². The Kier molecular flexibility index (Phi) is 10.4. The minimum atomic E-state index is -0.222. The molecule has 160 valence electrons. The second-order valence-electron chi connectivity index (χ2n) is 7.04. The number of halogens is 3. The number of hydrogen-bond donors (Lipinski definition) is 2. The summed E-state index contributed by atoms with van der Waals surface area (Å²) in [5.74, 6) is 0.803. The number of rotatable bonds is 9. The molecule has 0 saturated heterocycles. The molecule has 1 aromatic carbocycles. The van der Waals surface area contributed by atoms with Crippen molar-refractivity contribution in [3.8, 4) is 0 Å². The zero-order chi connectivity index (χ0) is 20.0. The van der Waals surface area contributed by atoms with Crippen LogP contribution in [0.2, 0.25) is 10.0 Å². The van der Waals surface area contributed by atoms with Crippen molar-refractivity contribution >= 4 is 41.6 Å². The van der Waals surface area contributed by atoms with E-state index in [1.807, 2.05) is 18.2 Å². The van der Waals surface area contributed by atoms with E-state index in [2.05, 4.69) is 55.1 Å². The van der Waals surface area contributed by atoms with E-state index < -0.39 is 0 Å². The van der Waals surface area contributed by atoms with Gasteiger partial charge in [0.2, 0.25) is 0 Å². The summed E-state index contributed by atoms with van der Waals surface area (Å²) >= 11 is 12.8. The molecule has 0 bridgehead atoms. The molecule has 0 saturated carbocycles. The normalized spacial score (nSPS) is 18.5. The standard InChI is InChI=1S/C20H33Cl2N5.ClH/c1-6-26(7-2)14-20(5,27(8-3)9-4)25-19-23-13-17(24-19)18-15(21)11-10-12-16(18)22;/h10-12,17H,6-9,13-14H2,1-5H3,(H2,23,24,25);1H. The Morgan fingerprint density at radius 3 is 2.18 bits per heavy atom. The fourth-order valence-corrected chi connectivity index (χ4v) is 4.44. The van der Waals surface area contributed by atoms with Crippen LogP contribution in [-0.2, 0) is 0 Å². The summed E-state index contributed by atoms with van der Waals surface area (Å²) < 4.78 is 0. The molecule has 2 rings (SSSR count). The summed E-state index contributed by atoms with van der Waals surface area (Å²) in [7, 11) is 0. The van der Waals surface area contributed by atoms with Gasteiger partial charge in [-0.2, -0.15) is 0 Å². The number of benzene rings is 1. The van der Waals surface area contributed by atoms with E-state index in [-0.39, 0.29) is 24.1 Å². The quantitative estimate of drug-likeness (QED) is 0.547. The minimum absolute atomic E-state index is 0.